The number of anilines is 2. The minimum Gasteiger partial charge on any atom is -0.340 e. The van der Waals surface area contributed by atoms with E-state index in [2.05, 4.69) is 20.3 Å². The van der Waals surface area contributed by atoms with E-state index in [-0.39, 0.29) is 18.4 Å². The van der Waals surface area contributed by atoms with Gasteiger partial charge in [0.15, 0.2) is 0 Å². The van der Waals surface area contributed by atoms with Crippen LogP contribution in [-0.4, -0.2) is 45.4 Å². The topological polar surface area (TPSA) is 97.0 Å². The summed E-state index contributed by atoms with van der Waals surface area (Å²) < 4.78 is 0. The molecular weight excluding hydrogens is 280 g/mol. The highest BCUT2D eigenvalue weighted by Crippen LogP contribution is 2.27. The van der Waals surface area contributed by atoms with Crippen LogP contribution in [0.15, 0.2) is 30.5 Å². The van der Waals surface area contributed by atoms with Gasteiger partial charge in [-0.05, 0) is 19.1 Å². The summed E-state index contributed by atoms with van der Waals surface area (Å²) in [5, 5.41) is 3.17. The maximum atomic E-state index is 11.5. The molecule has 1 fully saturated rings. The van der Waals surface area contributed by atoms with Crippen molar-refractivity contribution in [1.82, 2.24) is 19.9 Å². The molecule has 3 heterocycles. The van der Waals surface area contributed by atoms with Crippen LogP contribution in [0.5, 0.6) is 0 Å². The fourth-order valence-corrected chi connectivity index (χ4v) is 2.43. The average molecular weight is 298 g/mol. The maximum Gasteiger partial charge on any atom is 0.236 e. The molecule has 0 aliphatic carbocycles. The van der Waals surface area contributed by atoms with Crippen LogP contribution in [0.1, 0.15) is 17.4 Å². The first-order valence-corrected chi connectivity index (χ1v) is 7.17. The third-order valence-electron chi connectivity index (χ3n) is 3.61. The van der Waals surface area contributed by atoms with E-state index in [9.17, 15) is 4.79 Å². The lowest BCUT2D eigenvalue weighted by Crippen LogP contribution is -2.50. The summed E-state index contributed by atoms with van der Waals surface area (Å²) >= 11 is 0. The molecule has 3 N–H and O–H groups in total. The Balaban J connectivity index is 1.73. The Bertz CT molecular complexity index is 669. The van der Waals surface area contributed by atoms with Gasteiger partial charge in [-0.1, -0.05) is 6.07 Å². The monoisotopic (exact) mass is 298 g/mol. The number of rotatable bonds is 4. The Morgan fingerprint density at radius 1 is 1.36 bits per heavy atom. The zero-order chi connectivity index (χ0) is 15.5. The normalized spacial score (nSPS) is 14.5. The molecule has 0 saturated carbocycles. The number of hydrogen-bond donors (Lipinski definition) is 2. The number of nitrogens with two attached hydrogens (primary N) is 1. The van der Waals surface area contributed by atoms with Crippen molar-refractivity contribution >= 4 is 17.5 Å². The van der Waals surface area contributed by atoms with Crippen LogP contribution >= 0.6 is 0 Å². The Kier molecular flexibility index (Phi) is 3.97. The quantitative estimate of drug-likeness (QED) is 0.867. The first-order chi connectivity index (χ1) is 10.7. The van der Waals surface area contributed by atoms with Gasteiger partial charge < -0.3 is 16.0 Å². The molecule has 22 heavy (non-hydrogen) atoms. The minimum absolute atomic E-state index is 0.0196. The molecule has 0 bridgehead atoms. The van der Waals surface area contributed by atoms with Gasteiger partial charge >= 0.3 is 0 Å². The van der Waals surface area contributed by atoms with Gasteiger partial charge in [0.2, 0.25) is 5.91 Å². The molecule has 0 radical (unpaired) electrons. The number of pyridine rings is 1. The highest BCUT2D eigenvalue weighted by atomic mass is 16.2. The molecule has 0 atom stereocenters. The third-order valence-corrected chi connectivity index (χ3v) is 3.61. The highest BCUT2D eigenvalue weighted by molar-refractivity contribution is 5.79. The van der Waals surface area contributed by atoms with Crippen molar-refractivity contribution in [2.75, 3.05) is 25.0 Å². The van der Waals surface area contributed by atoms with Gasteiger partial charge in [-0.15, -0.1) is 0 Å². The first kappa shape index (κ1) is 14.4. The molecule has 2 aromatic rings. The van der Waals surface area contributed by atoms with Crippen LogP contribution in [0.3, 0.4) is 0 Å². The Labute approximate surface area is 128 Å². The van der Waals surface area contributed by atoms with E-state index in [0.29, 0.717) is 24.7 Å². The Morgan fingerprint density at radius 2 is 2.18 bits per heavy atom. The molecule has 2 aromatic heterocycles. The van der Waals surface area contributed by atoms with Gasteiger partial charge in [0.25, 0.3) is 0 Å². The molecule has 7 heteroatoms. The number of nitrogens with one attached hydrogen (secondary N) is 1. The zero-order valence-corrected chi connectivity index (χ0v) is 12.4. The number of hydrogen-bond acceptors (Lipinski definition) is 6. The number of aryl methyl sites for hydroxylation is 1. The fraction of sp³-hybridized carbons (Fsp3) is 0.333. The van der Waals surface area contributed by atoms with Gasteiger partial charge in [-0.25, -0.2) is 15.0 Å². The van der Waals surface area contributed by atoms with Crippen molar-refractivity contribution < 1.29 is 4.79 Å². The molecule has 3 rings (SSSR count). The number of aromatic nitrogens is 3. The number of likely N-dealkylation sites (tertiary alicyclic amines) is 1. The molecule has 0 aromatic carbocycles. The highest BCUT2D eigenvalue weighted by Gasteiger charge is 2.32. The summed E-state index contributed by atoms with van der Waals surface area (Å²) in [6.45, 7) is 3.24. The van der Waals surface area contributed by atoms with Gasteiger partial charge in [0, 0.05) is 31.3 Å². The summed E-state index contributed by atoms with van der Waals surface area (Å²) in [6.07, 6.45) is 1.72. The van der Waals surface area contributed by atoms with E-state index < -0.39 is 0 Å². The lowest BCUT2D eigenvalue weighted by Gasteiger charge is -2.38. The van der Waals surface area contributed by atoms with Crippen LogP contribution < -0.4 is 11.1 Å². The molecule has 1 saturated heterocycles. The second-order valence-electron chi connectivity index (χ2n) is 5.27. The van der Waals surface area contributed by atoms with Gasteiger partial charge in [-0.3, -0.25) is 4.79 Å². The fourth-order valence-electron chi connectivity index (χ4n) is 2.43. The van der Waals surface area contributed by atoms with E-state index in [1.165, 1.54) is 0 Å². The smallest absolute Gasteiger partial charge is 0.236 e. The number of nitrogens with zero attached hydrogens (tertiary/aromatic N) is 4. The molecule has 7 nitrogen and oxygen atoms in total. The lowest BCUT2D eigenvalue weighted by atomic mass is 9.95. The molecular formula is C15H18N6O. The third kappa shape index (κ3) is 3.04. The van der Waals surface area contributed by atoms with Crippen molar-refractivity contribution in [2.24, 2.45) is 5.73 Å². The molecule has 1 aliphatic rings. The summed E-state index contributed by atoms with van der Waals surface area (Å²) in [7, 11) is 0. The Hall–Kier alpha value is -2.54. The summed E-state index contributed by atoms with van der Waals surface area (Å²) in [4.78, 5) is 26.3. The van der Waals surface area contributed by atoms with Crippen LogP contribution in [0, 0.1) is 6.92 Å². The average Bonchev–Trinajstić information content (AvgIpc) is 2.46. The summed E-state index contributed by atoms with van der Waals surface area (Å²) in [6, 6.07) is 7.56. The van der Waals surface area contributed by atoms with Crippen LogP contribution in [0.25, 0.3) is 0 Å². The molecule has 1 amide bonds. The summed E-state index contributed by atoms with van der Waals surface area (Å²) in [5.74, 6) is 2.36. The molecule has 1 aliphatic heterocycles. The minimum atomic E-state index is -0.0196. The van der Waals surface area contributed by atoms with Crippen molar-refractivity contribution in [3.63, 3.8) is 0 Å². The van der Waals surface area contributed by atoms with Gasteiger partial charge in [-0.2, -0.15) is 0 Å². The van der Waals surface area contributed by atoms with Crippen molar-refractivity contribution in [3.8, 4) is 0 Å². The molecule has 0 spiro atoms. The predicted octanol–water partition coefficient (Wildman–Crippen LogP) is 0.808. The lowest BCUT2D eigenvalue weighted by molar-refractivity contribution is -0.134. The SMILES string of the molecule is Cc1nc(Nc2ccccn2)cc(C2CN(C(=O)CN)C2)n1. The van der Waals surface area contributed by atoms with Crippen molar-refractivity contribution in [3.05, 3.63) is 42.0 Å². The van der Waals surface area contributed by atoms with E-state index in [4.69, 9.17) is 5.73 Å². The number of carbonyl (C=O) groups is 1. The van der Waals surface area contributed by atoms with Gasteiger partial charge in [0.05, 0.1) is 12.2 Å². The standard InChI is InChI=1S/C15H18N6O/c1-10-18-12(11-8-21(9-11)15(22)7-16)6-14(19-10)20-13-4-2-3-5-17-13/h2-6,11H,7-9,16H2,1H3,(H,17,18,19,20). The van der Waals surface area contributed by atoms with E-state index in [0.717, 1.165) is 11.5 Å². The van der Waals surface area contributed by atoms with E-state index in [1.54, 1.807) is 11.1 Å². The van der Waals surface area contributed by atoms with Crippen molar-refractivity contribution in [1.29, 1.82) is 0 Å². The van der Waals surface area contributed by atoms with Crippen molar-refractivity contribution in [2.45, 2.75) is 12.8 Å². The first-order valence-electron chi connectivity index (χ1n) is 7.17. The van der Waals surface area contributed by atoms with Crippen LogP contribution in [0.2, 0.25) is 0 Å². The molecule has 0 unspecified atom stereocenters. The van der Waals surface area contributed by atoms with E-state index >= 15 is 0 Å². The molecule has 114 valence electrons. The second-order valence-corrected chi connectivity index (χ2v) is 5.27. The maximum absolute atomic E-state index is 11.5. The summed E-state index contributed by atoms with van der Waals surface area (Å²) in [5.41, 5.74) is 6.30. The number of amides is 1. The largest absolute Gasteiger partial charge is 0.340 e. The number of carbonyl (C=O) groups excluding carboxylic acids is 1. The Morgan fingerprint density at radius 3 is 2.86 bits per heavy atom. The van der Waals surface area contributed by atoms with Crippen LogP contribution in [0.4, 0.5) is 11.6 Å². The van der Waals surface area contributed by atoms with Gasteiger partial charge in [0.1, 0.15) is 17.5 Å². The predicted molar refractivity (Wildman–Crippen MR) is 82.7 cm³/mol. The second kappa shape index (κ2) is 6.07. The zero-order valence-electron chi connectivity index (χ0n) is 12.4. The van der Waals surface area contributed by atoms with Crippen LogP contribution in [-0.2, 0) is 4.79 Å². The van der Waals surface area contributed by atoms with E-state index in [1.807, 2.05) is 31.2 Å².